The number of hydrogen-bond donors (Lipinski definition) is 1. The summed E-state index contributed by atoms with van der Waals surface area (Å²) < 4.78 is 35.3. The van der Waals surface area contributed by atoms with Crippen LogP contribution in [0, 0.1) is 0 Å². The number of nitrogens with zero attached hydrogens (tertiary/aromatic N) is 1. The van der Waals surface area contributed by atoms with Crippen LogP contribution in [0.1, 0.15) is 17.3 Å². The predicted molar refractivity (Wildman–Crippen MR) is 115 cm³/mol. The molecule has 2 aromatic carbocycles. The summed E-state index contributed by atoms with van der Waals surface area (Å²) in [4.78, 5) is 38.2. The fourth-order valence-corrected chi connectivity index (χ4v) is 4.33. The van der Waals surface area contributed by atoms with Crippen molar-refractivity contribution in [3.63, 3.8) is 0 Å². The number of rotatable bonds is 8. The van der Waals surface area contributed by atoms with Gasteiger partial charge in [0.15, 0.2) is 22.2 Å². The molecule has 1 aliphatic heterocycles. The zero-order chi connectivity index (χ0) is 22.6. The van der Waals surface area contributed by atoms with Crippen molar-refractivity contribution in [2.24, 2.45) is 0 Å². The highest BCUT2D eigenvalue weighted by Gasteiger charge is 2.27. The number of ether oxygens (including phenoxy) is 2. The highest BCUT2D eigenvalue weighted by Crippen LogP contribution is 2.33. The maximum absolute atomic E-state index is 12.6. The molecule has 2 amide bonds. The first-order valence-electron chi connectivity index (χ1n) is 9.47. The number of Topliss-reactive ketones (excluding diaryl/α,β-unsaturated/α-hetero) is 1. The summed E-state index contributed by atoms with van der Waals surface area (Å²) in [6, 6.07) is 11.0. The van der Waals surface area contributed by atoms with Crippen molar-refractivity contribution in [2.75, 3.05) is 42.0 Å². The van der Waals surface area contributed by atoms with Crippen LogP contribution in [0.5, 0.6) is 11.5 Å². The third kappa shape index (κ3) is 5.21. The zero-order valence-corrected chi connectivity index (χ0v) is 17.9. The number of carbonyl (C=O) groups excluding carboxylic acids is 3. The summed E-state index contributed by atoms with van der Waals surface area (Å²) in [6.45, 7) is 2.07. The Kier molecular flexibility index (Phi) is 6.59. The quantitative estimate of drug-likeness (QED) is 0.613. The molecule has 9 nitrogen and oxygen atoms in total. The third-order valence-corrected chi connectivity index (χ3v) is 6.03. The number of fused-ring (bicyclic) bond motifs is 1. The van der Waals surface area contributed by atoms with Gasteiger partial charge in [0.05, 0.1) is 18.5 Å². The normalized spacial score (nSPS) is 13.2. The fourth-order valence-electron chi connectivity index (χ4n) is 3.19. The van der Waals surface area contributed by atoms with E-state index in [-0.39, 0.29) is 18.1 Å². The monoisotopic (exact) mass is 446 g/mol. The summed E-state index contributed by atoms with van der Waals surface area (Å²) >= 11 is 0. The average Bonchev–Trinajstić information content (AvgIpc) is 2.72. The van der Waals surface area contributed by atoms with E-state index in [1.807, 2.05) is 0 Å². The molecule has 1 aliphatic rings. The van der Waals surface area contributed by atoms with E-state index in [2.05, 4.69) is 5.32 Å². The number of sulfone groups is 1. The van der Waals surface area contributed by atoms with Crippen LogP contribution in [0.25, 0.3) is 0 Å². The van der Waals surface area contributed by atoms with Gasteiger partial charge < -0.3 is 19.7 Å². The first-order valence-corrected chi connectivity index (χ1v) is 11.3. The number of carbonyl (C=O) groups is 3. The number of likely N-dealkylation sites (N-methyl/N-ethyl adjacent to an activating group) is 1. The number of nitrogens with one attached hydrogen (secondary N) is 1. The van der Waals surface area contributed by atoms with Crippen molar-refractivity contribution in [1.82, 2.24) is 0 Å². The van der Waals surface area contributed by atoms with Crippen LogP contribution in [-0.4, -0.2) is 57.8 Å². The molecule has 0 saturated carbocycles. The van der Waals surface area contributed by atoms with Crippen molar-refractivity contribution >= 4 is 38.8 Å². The number of benzene rings is 2. The van der Waals surface area contributed by atoms with Crippen LogP contribution in [-0.2, 0) is 19.4 Å². The molecule has 0 saturated heterocycles. The zero-order valence-electron chi connectivity index (χ0n) is 17.1. The molecule has 1 N–H and O–H groups in total. The second-order valence-corrected chi connectivity index (χ2v) is 8.88. The number of hydrogen-bond acceptors (Lipinski definition) is 7. The van der Waals surface area contributed by atoms with Gasteiger partial charge in [-0.3, -0.25) is 14.4 Å². The lowest BCUT2D eigenvalue weighted by atomic mass is 10.1. The average molecular weight is 446 g/mol. The molecule has 164 valence electrons. The van der Waals surface area contributed by atoms with E-state index in [0.29, 0.717) is 29.4 Å². The van der Waals surface area contributed by atoms with E-state index >= 15 is 0 Å². The van der Waals surface area contributed by atoms with Crippen LogP contribution < -0.4 is 19.7 Å². The van der Waals surface area contributed by atoms with E-state index in [0.717, 1.165) is 0 Å². The first kappa shape index (κ1) is 22.3. The van der Waals surface area contributed by atoms with Crippen LogP contribution in [0.3, 0.4) is 0 Å². The molecular weight excluding hydrogens is 424 g/mol. The van der Waals surface area contributed by atoms with Gasteiger partial charge in [-0.25, -0.2) is 8.42 Å². The van der Waals surface area contributed by atoms with Crippen LogP contribution >= 0.6 is 0 Å². The number of ketones is 1. The van der Waals surface area contributed by atoms with E-state index in [4.69, 9.17) is 9.47 Å². The lowest BCUT2D eigenvalue weighted by Gasteiger charge is -2.28. The maximum atomic E-state index is 12.6. The molecule has 0 atom stereocenters. The lowest BCUT2D eigenvalue weighted by Crippen LogP contribution is -2.38. The third-order valence-electron chi connectivity index (χ3n) is 4.62. The molecule has 0 aliphatic carbocycles. The Morgan fingerprint density at radius 2 is 1.90 bits per heavy atom. The highest BCUT2D eigenvalue weighted by atomic mass is 32.2. The van der Waals surface area contributed by atoms with Gasteiger partial charge >= 0.3 is 0 Å². The molecule has 2 aromatic rings. The standard InChI is InChI=1S/C21H22N2O7S/c1-3-23-16-10-14(8-9-19(16)30-11-21(23)26)17(24)12-31(27,28)13-20(25)22-15-6-4-5-7-18(15)29-2/h4-10H,3,11-13H2,1-2H3,(H,22,25). The van der Waals surface area contributed by atoms with E-state index < -0.39 is 33.0 Å². The summed E-state index contributed by atoms with van der Waals surface area (Å²) in [5, 5.41) is 2.47. The largest absolute Gasteiger partial charge is 0.495 e. The Balaban J connectivity index is 1.70. The van der Waals surface area contributed by atoms with Crippen molar-refractivity contribution < 1.29 is 32.3 Å². The van der Waals surface area contributed by atoms with Gasteiger partial charge in [0.25, 0.3) is 5.91 Å². The highest BCUT2D eigenvalue weighted by molar-refractivity contribution is 7.92. The molecule has 1 heterocycles. The molecule has 3 rings (SSSR count). The predicted octanol–water partition coefficient (Wildman–Crippen LogP) is 1.68. The molecule has 0 unspecified atom stereocenters. The number of para-hydroxylation sites is 2. The van der Waals surface area contributed by atoms with Crippen molar-refractivity contribution in [3.8, 4) is 11.5 Å². The smallest absolute Gasteiger partial charge is 0.265 e. The summed E-state index contributed by atoms with van der Waals surface area (Å²) in [6.07, 6.45) is 0. The van der Waals surface area contributed by atoms with Gasteiger partial charge in [-0.2, -0.15) is 0 Å². The number of methoxy groups -OCH3 is 1. The van der Waals surface area contributed by atoms with Crippen LogP contribution in [0.4, 0.5) is 11.4 Å². The Bertz CT molecular complexity index is 1130. The lowest BCUT2D eigenvalue weighted by molar-refractivity contribution is -0.121. The van der Waals surface area contributed by atoms with E-state index in [9.17, 15) is 22.8 Å². The minimum atomic E-state index is -4.03. The molecule has 31 heavy (non-hydrogen) atoms. The summed E-state index contributed by atoms with van der Waals surface area (Å²) in [5.74, 6) is -2.58. The SMILES string of the molecule is CCN1C(=O)COc2ccc(C(=O)CS(=O)(=O)CC(=O)Nc3ccccc3OC)cc21. The van der Waals surface area contributed by atoms with Gasteiger partial charge in [0, 0.05) is 12.1 Å². The van der Waals surface area contributed by atoms with Crippen LogP contribution in [0.15, 0.2) is 42.5 Å². The van der Waals surface area contributed by atoms with Gasteiger partial charge in [0.2, 0.25) is 5.91 Å². The van der Waals surface area contributed by atoms with Gasteiger partial charge in [-0.05, 0) is 37.3 Å². The molecule has 0 radical (unpaired) electrons. The minimum Gasteiger partial charge on any atom is -0.495 e. The summed E-state index contributed by atoms with van der Waals surface area (Å²) in [7, 11) is -2.61. The summed E-state index contributed by atoms with van der Waals surface area (Å²) in [5.41, 5.74) is 0.857. The number of amides is 2. The Hall–Kier alpha value is -3.40. The molecule has 10 heteroatoms. The fraction of sp³-hybridized carbons (Fsp3) is 0.286. The van der Waals surface area contributed by atoms with Crippen molar-refractivity contribution in [2.45, 2.75) is 6.92 Å². The molecular formula is C21H22N2O7S. The topological polar surface area (TPSA) is 119 Å². The van der Waals surface area contributed by atoms with Gasteiger partial charge in [0.1, 0.15) is 23.0 Å². The second kappa shape index (κ2) is 9.17. The molecule has 0 aromatic heterocycles. The van der Waals surface area contributed by atoms with E-state index in [1.54, 1.807) is 31.2 Å². The first-order chi connectivity index (χ1) is 14.7. The number of anilines is 2. The van der Waals surface area contributed by atoms with Crippen molar-refractivity contribution in [1.29, 1.82) is 0 Å². The Morgan fingerprint density at radius 1 is 1.16 bits per heavy atom. The molecule has 0 fully saturated rings. The Morgan fingerprint density at radius 3 is 2.61 bits per heavy atom. The van der Waals surface area contributed by atoms with Gasteiger partial charge in [-0.1, -0.05) is 12.1 Å². The molecule has 0 bridgehead atoms. The van der Waals surface area contributed by atoms with Gasteiger partial charge in [-0.15, -0.1) is 0 Å². The Labute approximate surface area is 179 Å². The van der Waals surface area contributed by atoms with E-state index in [1.165, 1.54) is 30.2 Å². The minimum absolute atomic E-state index is 0.0934. The maximum Gasteiger partial charge on any atom is 0.265 e. The molecule has 0 spiro atoms. The van der Waals surface area contributed by atoms with Crippen molar-refractivity contribution in [3.05, 3.63) is 48.0 Å². The second-order valence-electron chi connectivity index (χ2n) is 6.81. The van der Waals surface area contributed by atoms with Crippen LogP contribution in [0.2, 0.25) is 0 Å².